The third kappa shape index (κ3) is 3.75. The number of nitrogens with two attached hydrogens (primary N) is 1. The van der Waals surface area contributed by atoms with Crippen molar-refractivity contribution >= 4 is 27.9 Å². The maximum Gasteiger partial charge on any atom is 0.160 e. The van der Waals surface area contributed by atoms with E-state index in [4.69, 9.17) is 17.3 Å². The van der Waals surface area contributed by atoms with Crippen molar-refractivity contribution in [1.82, 2.24) is 14.8 Å². The topological polar surface area (TPSA) is 68.8 Å². The Kier molecular flexibility index (Phi) is 5.13. The number of aryl methyl sites for hydroxylation is 1. The van der Waals surface area contributed by atoms with Gasteiger partial charge in [0.05, 0.1) is 10.6 Å². The maximum atomic E-state index is 13.0. The lowest BCUT2D eigenvalue weighted by Crippen LogP contribution is -2.30. The monoisotopic (exact) mass is 365 g/mol. The van der Waals surface area contributed by atoms with Crippen LogP contribution in [0.3, 0.4) is 0 Å². The molecule has 0 radical (unpaired) electrons. The van der Waals surface area contributed by atoms with Gasteiger partial charge in [-0.1, -0.05) is 23.7 Å². The summed E-state index contributed by atoms with van der Waals surface area (Å²) in [4.78, 5) is 4.22. The second-order valence-corrected chi connectivity index (χ2v) is 7.07. The highest BCUT2D eigenvalue weighted by Crippen LogP contribution is 2.37. The standard InChI is InChI=1S/C16H17ClFN5S/c1-23-16(20-9-21-23)13-7-14(24-15(13)17)22-12(8-19)6-10-2-4-11(18)5-3-10/h2-5,7,9,12,22H,6,8,19H2,1H3/t12-/m0/s1. The number of hydrogen-bond donors (Lipinski definition) is 2. The van der Waals surface area contributed by atoms with E-state index in [1.807, 2.05) is 13.1 Å². The number of thiophene rings is 1. The van der Waals surface area contributed by atoms with Crippen LogP contribution < -0.4 is 11.1 Å². The molecule has 0 saturated heterocycles. The summed E-state index contributed by atoms with van der Waals surface area (Å²) >= 11 is 7.77. The first-order valence-corrected chi connectivity index (χ1v) is 8.61. The molecule has 0 fully saturated rings. The summed E-state index contributed by atoms with van der Waals surface area (Å²) in [5, 5.41) is 8.37. The van der Waals surface area contributed by atoms with E-state index in [1.54, 1.807) is 16.8 Å². The van der Waals surface area contributed by atoms with Gasteiger partial charge in [0, 0.05) is 19.6 Å². The molecular weight excluding hydrogens is 349 g/mol. The number of aromatic nitrogens is 3. The molecule has 0 amide bonds. The van der Waals surface area contributed by atoms with Crippen LogP contribution in [0.4, 0.5) is 9.39 Å². The van der Waals surface area contributed by atoms with E-state index in [2.05, 4.69) is 15.4 Å². The molecule has 0 aliphatic carbocycles. The molecule has 0 aliphatic rings. The van der Waals surface area contributed by atoms with Gasteiger partial charge in [-0.15, -0.1) is 11.3 Å². The first-order valence-electron chi connectivity index (χ1n) is 7.41. The normalized spacial score (nSPS) is 12.3. The van der Waals surface area contributed by atoms with Crippen molar-refractivity contribution < 1.29 is 4.39 Å². The van der Waals surface area contributed by atoms with Crippen LogP contribution in [0.1, 0.15) is 5.56 Å². The van der Waals surface area contributed by atoms with Gasteiger partial charge in [0.25, 0.3) is 0 Å². The quantitative estimate of drug-likeness (QED) is 0.703. The molecule has 3 aromatic rings. The molecule has 24 heavy (non-hydrogen) atoms. The largest absolute Gasteiger partial charge is 0.373 e. The highest BCUT2D eigenvalue weighted by Gasteiger charge is 2.16. The Bertz CT molecular complexity index is 814. The Hall–Kier alpha value is -1.96. The minimum Gasteiger partial charge on any atom is -0.373 e. The van der Waals surface area contributed by atoms with E-state index in [-0.39, 0.29) is 11.9 Å². The number of nitrogens with one attached hydrogen (secondary N) is 1. The summed E-state index contributed by atoms with van der Waals surface area (Å²) in [7, 11) is 1.82. The number of rotatable bonds is 6. The molecule has 0 unspecified atom stereocenters. The van der Waals surface area contributed by atoms with Crippen LogP contribution in [-0.4, -0.2) is 27.4 Å². The molecule has 0 spiro atoms. The van der Waals surface area contributed by atoms with Gasteiger partial charge in [-0.05, 0) is 30.2 Å². The van der Waals surface area contributed by atoms with Gasteiger partial charge in [-0.3, -0.25) is 0 Å². The molecule has 2 heterocycles. The molecule has 1 aromatic carbocycles. The molecule has 8 heteroatoms. The SMILES string of the molecule is Cn1ncnc1-c1cc(N[C@H](CN)Cc2ccc(F)cc2)sc1Cl. The highest BCUT2D eigenvalue weighted by atomic mass is 35.5. The fourth-order valence-corrected chi connectivity index (χ4v) is 3.68. The van der Waals surface area contributed by atoms with Gasteiger partial charge in [0.15, 0.2) is 5.82 Å². The Morgan fingerprint density at radius 1 is 1.38 bits per heavy atom. The van der Waals surface area contributed by atoms with E-state index in [9.17, 15) is 4.39 Å². The number of anilines is 1. The molecule has 0 bridgehead atoms. The maximum absolute atomic E-state index is 13.0. The minimum absolute atomic E-state index is 0.0255. The number of halogens is 2. The van der Waals surface area contributed by atoms with Gasteiger partial charge in [0.1, 0.15) is 16.5 Å². The van der Waals surface area contributed by atoms with Gasteiger partial charge in [-0.2, -0.15) is 5.10 Å². The predicted octanol–water partition coefficient (Wildman–Crippen LogP) is 3.32. The van der Waals surface area contributed by atoms with Crippen LogP contribution in [0.25, 0.3) is 11.4 Å². The van der Waals surface area contributed by atoms with Crippen LogP contribution >= 0.6 is 22.9 Å². The van der Waals surface area contributed by atoms with Gasteiger partial charge in [-0.25, -0.2) is 14.1 Å². The lowest BCUT2D eigenvalue weighted by molar-refractivity contribution is 0.626. The molecule has 3 rings (SSSR count). The van der Waals surface area contributed by atoms with Crippen LogP contribution in [0.5, 0.6) is 0 Å². The third-order valence-electron chi connectivity index (χ3n) is 3.67. The first-order chi connectivity index (χ1) is 11.6. The second-order valence-electron chi connectivity index (χ2n) is 5.41. The van der Waals surface area contributed by atoms with Crippen molar-refractivity contribution in [2.75, 3.05) is 11.9 Å². The molecule has 1 atom stereocenters. The van der Waals surface area contributed by atoms with E-state index < -0.39 is 0 Å². The highest BCUT2D eigenvalue weighted by molar-refractivity contribution is 7.20. The predicted molar refractivity (Wildman–Crippen MR) is 95.9 cm³/mol. The Labute approximate surface area is 148 Å². The molecule has 2 aromatic heterocycles. The zero-order valence-electron chi connectivity index (χ0n) is 13.0. The van der Waals surface area contributed by atoms with Crippen molar-refractivity contribution in [3.05, 3.63) is 52.4 Å². The smallest absolute Gasteiger partial charge is 0.160 e. The first kappa shape index (κ1) is 16.9. The van der Waals surface area contributed by atoms with E-state index in [0.717, 1.165) is 16.1 Å². The van der Waals surface area contributed by atoms with E-state index in [0.29, 0.717) is 23.1 Å². The molecular formula is C16H17ClFN5S. The lowest BCUT2D eigenvalue weighted by Gasteiger charge is -2.16. The van der Waals surface area contributed by atoms with Gasteiger partial charge < -0.3 is 11.1 Å². The fraction of sp³-hybridized carbons (Fsp3) is 0.250. The van der Waals surface area contributed by atoms with Crippen LogP contribution in [0, 0.1) is 5.82 Å². The fourth-order valence-electron chi connectivity index (χ4n) is 2.43. The number of benzene rings is 1. The van der Waals surface area contributed by atoms with Crippen molar-refractivity contribution in [2.24, 2.45) is 12.8 Å². The van der Waals surface area contributed by atoms with Crippen molar-refractivity contribution in [1.29, 1.82) is 0 Å². The Balaban J connectivity index is 1.74. The van der Waals surface area contributed by atoms with Gasteiger partial charge in [0.2, 0.25) is 0 Å². The van der Waals surface area contributed by atoms with Crippen LogP contribution in [0.15, 0.2) is 36.7 Å². The van der Waals surface area contributed by atoms with Crippen LogP contribution in [0.2, 0.25) is 4.34 Å². The average molecular weight is 366 g/mol. The minimum atomic E-state index is -0.241. The molecule has 0 saturated carbocycles. The Morgan fingerprint density at radius 3 is 2.75 bits per heavy atom. The molecule has 0 aliphatic heterocycles. The van der Waals surface area contributed by atoms with Gasteiger partial charge >= 0.3 is 0 Å². The Morgan fingerprint density at radius 2 is 2.12 bits per heavy atom. The average Bonchev–Trinajstić information content (AvgIpc) is 3.14. The summed E-state index contributed by atoms with van der Waals surface area (Å²) in [6, 6.07) is 8.42. The molecule has 126 valence electrons. The summed E-state index contributed by atoms with van der Waals surface area (Å²) in [5.74, 6) is 0.474. The van der Waals surface area contributed by atoms with E-state index in [1.165, 1.54) is 29.8 Å². The second kappa shape index (κ2) is 7.29. The number of hydrogen-bond acceptors (Lipinski definition) is 5. The molecule has 5 nitrogen and oxygen atoms in total. The zero-order chi connectivity index (χ0) is 17.1. The van der Waals surface area contributed by atoms with Crippen molar-refractivity contribution in [3.63, 3.8) is 0 Å². The van der Waals surface area contributed by atoms with Crippen molar-refractivity contribution in [3.8, 4) is 11.4 Å². The van der Waals surface area contributed by atoms with Crippen LogP contribution in [-0.2, 0) is 13.5 Å². The molecule has 3 N–H and O–H groups in total. The lowest BCUT2D eigenvalue weighted by atomic mass is 10.1. The zero-order valence-corrected chi connectivity index (χ0v) is 14.6. The van der Waals surface area contributed by atoms with Crippen molar-refractivity contribution in [2.45, 2.75) is 12.5 Å². The third-order valence-corrected chi connectivity index (χ3v) is 4.96. The van der Waals surface area contributed by atoms with E-state index >= 15 is 0 Å². The summed E-state index contributed by atoms with van der Waals surface area (Å²) in [6.07, 6.45) is 2.19. The summed E-state index contributed by atoms with van der Waals surface area (Å²) in [6.45, 7) is 0.451. The summed E-state index contributed by atoms with van der Waals surface area (Å²) in [5.41, 5.74) is 7.73. The number of nitrogens with zero attached hydrogens (tertiary/aromatic N) is 3. The summed E-state index contributed by atoms with van der Waals surface area (Å²) < 4.78 is 15.3.